The summed E-state index contributed by atoms with van der Waals surface area (Å²) < 4.78 is 0. The van der Waals surface area contributed by atoms with Gasteiger partial charge in [-0.15, -0.1) is 0 Å². The van der Waals surface area contributed by atoms with Crippen molar-refractivity contribution < 1.29 is 4.79 Å². The molecule has 0 aliphatic carbocycles. The highest BCUT2D eigenvalue weighted by molar-refractivity contribution is 5.75. The molecule has 0 spiro atoms. The van der Waals surface area contributed by atoms with Crippen LogP contribution in [0.25, 0.3) is 0 Å². The Labute approximate surface area is 116 Å². The third-order valence-electron chi connectivity index (χ3n) is 3.15. The summed E-state index contributed by atoms with van der Waals surface area (Å²) in [6, 6.07) is 8.85. The highest BCUT2D eigenvalue weighted by Crippen LogP contribution is 2.07. The van der Waals surface area contributed by atoms with Gasteiger partial charge in [-0.25, -0.2) is 0 Å². The van der Waals surface area contributed by atoms with E-state index in [2.05, 4.69) is 55.7 Å². The number of hydrogen-bond acceptors (Lipinski definition) is 2. The molecule has 1 aromatic carbocycles. The maximum absolute atomic E-state index is 11.7. The maximum atomic E-state index is 11.7. The normalized spacial score (nSPS) is 12.2. The third kappa shape index (κ3) is 6.97. The van der Waals surface area contributed by atoms with Gasteiger partial charge in [0.1, 0.15) is 0 Å². The number of benzene rings is 1. The smallest absolute Gasteiger partial charge is 0.220 e. The monoisotopic (exact) mass is 262 g/mol. The van der Waals surface area contributed by atoms with Crippen molar-refractivity contribution in [1.29, 1.82) is 0 Å². The van der Waals surface area contributed by atoms with Crippen LogP contribution in [-0.4, -0.2) is 25.0 Å². The second-order valence-electron chi connectivity index (χ2n) is 5.10. The number of aryl methyl sites for hydroxylation is 2. The number of likely N-dealkylation sites (N-methyl/N-ethyl adjacent to an activating group) is 1. The van der Waals surface area contributed by atoms with Gasteiger partial charge >= 0.3 is 0 Å². The van der Waals surface area contributed by atoms with Crippen LogP contribution in [0.3, 0.4) is 0 Å². The first-order chi connectivity index (χ1) is 9.11. The van der Waals surface area contributed by atoms with Gasteiger partial charge in [-0.3, -0.25) is 4.79 Å². The van der Waals surface area contributed by atoms with E-state index < -0.39 is 0 Å². The number of hydrogen-bond donors (Lipinski definition) is 2. The summed E-state index contributed by atoms with van der Waals surface area (Å²) in [7, 11) is 0. The number of amides is 1. The average molecular weight is 262 g/mol. The van der Waals surface area contributed by atoms with Gasteiger partial charge in [-0.2, -0.15) is 0 Å². The van der Waals surface area contributed by atoms with E-state index in [1.165, 1.54) is 11.1 Å². The molecule has 106 valence electrons. The van der Waals surface area contributed by atoms with Crippen LogP contribution in [0.1, 0.15) is 37.8 Å². The van der Waals surface area contributed by atoms with E-state index in [0.29, 0.717) is 19.0 Å². The SMILES string of the molecule is CCN[C@H](C)CNC(=O)CCCc1ccc(C)cc1. The molecule has 1 atom stereocenters. The van der Waals surface area contributed by atoms with Crippen molar-refractivity contribution in [1.82, 2.24) is 10.6 Å². The summed E-state index contributed by atoms with van der Waals surface area (Å²) >= 11 is 0. The first-order valence-corrected chi connectivity index (χ1v) is 7.17. The first kappa shape index (κ1) is 15.7. The molecule has 1 rings (SSSR count). The van der Waals surface area contributed by atoms with Gasteiger partial charge in [0, 0.05) is 19.0 Å². The van der Waals surface area contributed by atoms with Crippen molar-refractivity contribution in [3.05, 3.63) is 35.4 Å². The standard InChI is InChI=1S/C16H26N2O/c1-4-17-14(3)12-18-16(19)7-5-6-15-10-8-13(2)9-11-15/h8-11,14,17H,4-7,12H2,1-3H3,(H,18,19)/t14-/m1/s1. The van der Waals surface area contributed by atoms with Gasteiger partial charge in [-0.1, -0.05) is 36.8 Å². The Balaban J connectivity index is 2.15. The Bertz CT molecular complexity index is 373. The number of nitrogens with one attached hydrogen (secondary N) is 2. The lowest BCUT2D eigenvalue weighted by Crippen LogP contribution is -2.38. The zero-order valence-corrected chi connectivity index (χ0v) is 12.3. The van der Waals surface area contributed by atoms with Crippen LogP contribution in [0.5, 0.6) is 0 Å². The minimum Gasteiger partial charge on any atom is -0.355 e. The van der Waals surface area contributed by atoms with Crippen LogP contribution in [-0.2, 0) is 11.2 Å². The van der Waals surface area contributed by atoms with Gasteiger partial charge in [0.05, 0.1) is 0 Å². The van der Waals surface area contributed by atoms with Gasteiger partial charge in [0.25, 0.3) is 0 Å². The summed E-state index contributed by atoms with van der Waals surface area (Å²) in [5, 5.41) is 6.23. The van der Waals surface area contributed by atoms with Crippen molar-refractivity contribution in [2.75, 3.05) is 13.1 Å². The fraction of sp³-hybridized carbons (Fsp3) is 0.562. The molecule has 2 N–H and O–H groups in total. The van der Waals surface area contributed by atoms with E-state index in [1.54, 1.807) is 0 Å². The molecular formula is C16H26N2O. The fourth-order valence-electron chi connectivity index (χ4n) is 1.98. The van der Waals surface area contributed by atoms with Crippen LogP contribution in [0.15, 0.2) is 24.3 Å². The van der Waals surface area contributed by atoms with Crippen molar-refractivity contribution in [3.63, 3.8) is 0 Å². The van der Waals surface area contributed by atoms with Crippen LogP contribution in [0.4, 0.5) is 0 Å². The molecule has 3 heteroatoms. The second kappa shape index (κ2) is 8.70. The van der Waals surface area contributed by atoms with Crippen LogP contribution >= 0.6 is 0 Å². The molecule has 19 heavy (non-hydrogen) atoms. The Morgan fingerprint density at radius 2 is 1.95 bits per heavy atom. The number of rotatable bonds is 8. The van der Waals surface area contributed by atoms with Crippen LogP contribution < -0.4 is 10.6 Å². The molecule has 0 heterocycles. The van der Waals surface area contributed by atoms with E-state index in [9.17, 15) is 4.79 Å². The molecule has 0 aromatic heterocycles. The molecule has 0 aliphatic rings. The minimum atomic E-state index is 0.150. The molecule has 1 aromatic rings. The van der Waals surface area contributed by atoms with E-state index in [4.69, 9.17) is 0 Å². The van der Waals surface area contributed by atoms with Gasteiger partial charge in [0.15, 0.2) is 0 Å². The summed E-state index contributed by atoms with van der Waals surface area (Å²) in [6.45, 7) is 7.88. The van der Waals surface area contributed by atoms with Crippen molar-refractivity contribution in [2.24, 2.45) is 0 Å². The number of carbonyl (C=O) groups is 1. The fourth-order valence-corrected chi connectivity index (χ4v) is 1.98. The summed E-state index contributed by atoms with van der Waals surface area (Å²) in [4.78, 5) is 11.7. The molecule has 0 saturated heterocycles. The third-order valence-corrected chi connectivity index (χ3v) is 3.15. The summed E-state index contributed by atoms with van der Waals surface area (Å²) in [5.41, 5.74) is 2.58. The quantitative estimate of drug-likeness (QED) is 0.755. The van der Waals surface area contributed by atoms with Gasteiger partial charge in [0.2, 0.25) is 5.91 Å². The molecule has 0 unspecified atom stereocenters. The van der Waals surface area contributed by atoms with E-state index in [1.807, 2.05) is 0 Å². The van der Waals surface area contributed by atoms with Crippen molar-refractivity contribution >= 4 is 5.91 Å². The summed E-state index contributed by atoms with van der Waals surface area (Å²) in [6.07, 6.45) is 2.48. The van der Waals surface area contributed by atoms with Crippen LogP contribution in [0, 0.1) is 6.92 Å². The molecule has 3 nitrogen and oxygen atoms in total. The number of carbonyl (C=O) groups excluding carboxylic acids is 1. The topological polar surface area (TPSA) is 41.1 Å². The molecule has 0 radical (unpaired) electrons. The second-order valence-corrected chi connectivity index (χ2v) is 5.10. The zero-order valence-electron chi connectivity index (χ0n) is 12.3. The Hall–Kier alpha value is -1.35. The first-order valence-electron chi connectivity index (χ1n) is 7.17. The molecule has 0 fully saturated rings. The highest BCUT2D eigenvalue weighted by atomic mass is 16.1. The Morgan fingerprint density at radius 1 is 1.26 bits per heavy atom. The lowest BCUT2D eigenvalue weighted by Gasteiger charge is -2.13. The van der Waals surface area contributed by atoms with Gasteiger partial charge in [-0.05, 0) is 38.8 Å². The molecule has 0 aliphatic heterocycles. The van der Waals surface area contributed by atoms with E-state index >= 15 is 0 Å². The largest absolute Gasteiger partial charge is 0.355 e. The predicted molar refractivity (Wildman–Crippen MR) is 80.3 cm³/mol. The molecule has 0 saturated carbocycles. The highest BCUT2D eigenvalue weighted by Gasteiger charge is 2.04. The van der Waals surface area contributed by atoms with Crippen molar-refractivity contribution in [2.45, 2.75) is 46.1 Å². The molecule has 1 amide bonds. The van der Waals surface area contributed by atoms with E-state index in [-0.39, 0.29) is 5.91 Å². The van der Waals surface area contributed by atoms with Gasteiger partial charge < -0.3 is 10.6 Å². The Kier molecular flexibility index (Phi) is 7.19. The molecule has 0 bridgehead atoms. The minimum absolute atomic E-state index is 0.150. The predicted octanol–water partition coefficient (Wildman–Crippen LogP) is 2.43. The van der Waals surface area contributed by atoms with Crippen LogP contribution in [0.2, 0.25) is 0 Å². The lowest BCUT2D eigenvalue weighted by atomic mass is 10.1. The lowest BCUT2D eigenvalue weighted by molar-refractivity contribution is -0.121. The maximum Gasteiger partial charge on any atom is 0.220 e. The van der Waals surface area contributed by atoms with E-state index in [0.717, 1.165) is 19.4 Å². The zero-order chi connectivity index (χ0) is 14.1. The van der Waals surface area contributed by atoms with Crippen molar-refractivity contribution in [3.8, 4) is 0 Å². The Morgan fingerprint density at radius 3 is 2.58 bits per heavy atom. The molecular weight excluding hydrogens is 236 g/mol. The summed E-state index contributed by atoms with van der Waals surface area (Å²) in [5.74, 6) is 0.150. The average Bonchev–Trinajstić information content (AvgIpc) is 2.39.